The zero-order valence-corrected chi connectivity index (χ0v) is 25.6. The molecule has 3 aromatic carbocycles. The third kappa shape index (κ3) is 7.97. The van der Waals surface area contributed by atoms with Gasteiger partial charge in [-0.1, -0.05) is 23.7 Å². The molecule has 0 saturated carbocycles. The third-order valence-electron chi connectivity index (χ3n) is 7.80. The van der Waals surface area contributed by atoms with Gasteiger partial charge in [0.05, 0.1) is 23.8 Å². The molecule has 6 rings (SSSR count). The fourth-order valence-electron chi connectivity index (χ4n) is 5.40. The van der Waals surface area contributed by atoms with Crippen molar-refractivity contribution < 1.29 is 19.0 Å². The summed E-state index contributed by atoms with van der Waals surface area (Å²) in [5.74, 6) is 0.829. The van der Waals surface area contributed by atoms with Gasteiger partial charge in [-0.2, -0.15) is 0 Å². The predicted molar refractivity (Wildman–Crippen MR) is 174 cm³/mol. The molecule has 0 radical (unpaired) electrons. The summed E-state index contributed by atoms with van der Waals surface area (Å²) in [4.78, 5) is 11.4. The van der Waals surface area contributed by atoms with E-state index in [1.807, 2.05) is 24.3 Å². The fourth-order valence-corrected chi connectivity index (χ4v) is 5.64. The zero-order chi connectivity index (χ0) is 31.0. The van der Waals surface area contributed by atoms with Crippen LogP contribution >= 0.6 is 11.6 Å². The quantitative estimate of drug-likeness (QED) is 0.147. The molecule has 0 atom stereocenters. The molecular weight excluding hydrogens is 595 g/mol. The molecule has 9 nitrogen and oxygen atoms in total. The summed E-state index contributed by atoms with van der Waals surface area (Å²) in [7, 11) is 0. The second-order valence-electron chi connectivity index (χ2n) is 10.9. The largest absolute Gasteiger partial charge is 0.487 e. The minimum atomic E-state index is -0.308. The number of aliphatic hydroxyl groups is 1. The van der Waals surface area contributed by atoms with Gasteiger partial charge in [0.25, 0.3) is 0 Å². The van der Waals surface area contributed by atoms with E-state index in [-0.39, 0.29) is 19.0 Å². The fraction of sp³-hybridized carbons (Fsp3) is 0.294. The third-order valence-corrected chi connectivity index (χ3v) is 8.10. The van der Waals surface area contributed by atoms with Gasteiger partial charge < -0.3 is 29.8 Å². The summed E-state index contributed by atoms with van der Waals surface area (Å²) in [5.41, 5.74) is 5.47. The predicted octanol–water partition coefficient (Wildman–Crippen LogP) is 5.49. The van der Waals surface area contributed by atoms with Gasteiger partial charge in [-0.25, -0.2) is 14.4 Å². The van der Waals surface area contributed by atoms with E-state index in [4.69, 9.17) is 21.1 Å². The second kappa shape index (κ2) is 14.8. The first kappa shape index (κ1) is 30.9. The highest BCUT2D eigenvalue weighted by Gasteiger charge is 2.13. The molecule has 0 amide bonds. The van der Waals surface area contributed by atoms with Gasteiger partial charge in [0.2, 0.25) is 0 Å². The molecule has 11 heteroatoms. The normalized spacial score (nSPS) is 13.8. The standard InChI is InChI=1S/C34H36ClFN6O3/c35-31-17-28(4-7-33(31)45-22-24-2-1-3-27(36)16-24)40-34-30-18-29(5-6-32(30)38-23-39-34)42-20-25(8-13-43)26(21-42)19-37-9-10-41-11-14-44-15-12-41/h1-7,16-18,20-21,23,37,43H,8-15,19,22H2,(H,38,39,40). The molecule has 0 aliphatic carbocycles. The van der Waals surface area contributed by atoms with Crippen molar-refractivity contribution in [3.05, 3.63) is 107 Å². The molecule has 0 bridgehead atoms. The molecule has 3 heterocycles. The van der Waals surface area contributed by atoms with Crippen molar-refractivity contribution >= 4 is 34.0 Å². The Morgan fingerprint density at radius 1 is 1.00 bits per heavy atom. The first-order valence-electron chi connectivity index (χ1n) is 15.1. The highest BCUT2D eigenvalue weighted by atomic mass is 35.5. The number of hydrogen-bond donors (Lipinski definition) is 3. The molecule has 234 valence electrons. The molecule has 5 aromatic rings. The highest BCUT2D eigenvalue weighted by Crippen LogP contribution is 2.32. The maximum Gasteiger partial charge on any atom is 0.141 e. The Labute approximate surface area is 266 Å². The van der Waals surface area contributed by atoms with Gasteiger partial charge in [-0.05, 0) is 71.6 Å². The molecule has 2 aromatic heterocycles. The Balaban J connectivity index is 1.16. The van der Waals surface area contributed by atoms with Crippen molar-refractivity contribution in [2.75, 3.05) is 51.3 Å². The van der Waals surface area contributed by atoms with E-state index in [9.17, 15) is 9.50 Å². The Morgan fingerprint density at radius 3 is 2.69 bits per heavy atom. The first-order chi connectivity index (χ1) is 22.1. The Hall–Kier alpha value is -4.06. The lowest BCUT2D eigenvalue weighted by Gasteiger charge is -2.26. The lowest BCUT2D eigenvalue weighted by molar-refractivity contribution is 0.0384. The number of aliphatic hydroxyl groups excluding tert-OH is 1. The average Bonchev–Trinajstić information content (AvgIpc) is 3.46. The summed E-state index contributed by atoms with van der Waals surface area (Å²) in [6, 6.07) is 17.7. The van der Waals surface area contributed by atoms with E-state index < -0.39 is 0 Å². The zero-order valence-electron chi connectivity index (χ0n) is 24.9. The average molecular weight is 631 g/mol. The van der Waals surface area contributed by atoms with Crippen LogP contribution in [0.3, 0.4) is 0 Å². The molecule has 1 fully saturated rings. The SMILES string of the molecule is OCCc1cn(-c2ccc3ncnc(Nc4ccc(OCc5cccc(F)c5)c(Cl)c4)c3c2)cc1CNCCN1CCOCC1. The van der Waals surface area contributed by atoms with Crippen LogP contribution in [0.2, 0.25) is 5.02 Å². The molecule has 0 spiro atoms. The van der Waals surface area contributed by atoms with Gasteiger partial charge in [0.1, 0.15) is 30.3 Å². The molecule has 1 aliphatic heterocycles. The minimum Gasteiger partial charge on any atom is -0.487 e. The van der Waals surface area contributed by atoms with Crippen LogP contribution in [0.25, 0.3) is 16.6 Å². The summed E-state index contributed by atoms with van der Waals surface area (Å²) < 4.78 is 26.9. The molecule has 45 heavy (non-hydrogen) atoms. The minimum absolute atomic E-state index is 0.0849. The van der Waals surface area contributed by atoms with Crippen molar-refractivity contribution in [3.63, 3.8) is 0 Å². The lowest BCUT2D eigenvalue weighted by Crippen LogP contribution is -2.40. The summed E-state index contributed by atoms with van der Waals surface area (Å²) in [5, 5.41) is 17.9. The van der Waals surface area contributed by atoms with Crippen molar-refractivity contribution in [3.8, 4) is 11.4 Å². The summed E-state index contributed by atoms with van der Waals surface area (Å²) in [6.45, 7) is 6.42. The monoisotopic (exact) mass is 630 g/mol. The van der Waals surface area contributed by atoms with Crippen molar-refractivity contribution in [1.29, 1.82) is 0 Å². The van der Waals surface area contributed by atoms with Crippen LogP contribution in [-0.4, -0.2) is 70.5 Å². The molecular formula is C34H36ClFN6O3. The highest BCUT2D eigenvalue weighted by molar-refractivity contribution is 6.32. The summed E-state index contributed by atoms with van der Waals surface area (Å²) >= 11 is 6.54. The van der Waals surface area contributed by atoms with E-state index in [0.717, 1.165) is 84.9 Å². The lowest BCUT2D eigenvalue weighted by atomic mass is 10.1. The number of halogens is 2. The first-order valence-corrected chi connectivity index (χ1v) is 15.4. The van der Waals surface area contributed by atoms with E-state index in [1.165, 1.54) is 18.5 Å². The molecule has 0 unspecified atom stereocenters. The Morgan fingerprint density at radius 2 is 1.87 bits per heavy atom. The van der Waals surface area contributed by atoms with Crippen LogP contribution in [-0.2, 0) is 24.3 Å². The Kier molecular flexibility index (Phi) is 10.2. The van der Waals surface area contributed by atoms with Crippen molar-refractivity contribution in [2.24, 2.45) is 0 Å². The van der Waals surface area contributed by atoms with Crippen molar-refractivity contribution in [2.45, 2.75) is 19.6 Å². The van der Waals surface area contributed by atoms with Crippen LogP contribution in [0.1, 0.15) is 16.7 Å². The molecule has 1 aliphatic rings. The van der Waals surface area contributed by atoms with Crippen molar-refractivity contribution in [1.82, 2.24) is 24.8 Å². The van der Waals surface area contributed by atoms with Crippen LogP contribution in [0.4, 0.5) is 15.9 Å². The molecule has 1 saturated heterocycles. The second-order valence-corrected chi connectivity index (χ2v) is 11.3. The maximum absolute atomic E-state index is 13.5. The number of anilines is 2. The number of hydrogen-bond acceptors (Lipinski definition) is 8. The maximum atomic E-state index is 13.5. The van der Waals surface area contributed by atoms with E-state index in [2.05, 4.69) is 42.5 Å². The van der Waals surface area contributed by atoms with Crippen LogP contribution in [0.15, 0.2) is 79.4 Å². The number of ether oxygens (including phenoxy) is 2. The van der Waals surface area contributed by atoms with Gasteiger partial charge in [-0.15, -0.1) is 0 Å². The number of nitrogens with one attached hydrogen (secondary N) is 2. The van der Waals surface area contributed by atoms with Crippen LogP contribution < -0.4 is 15.4 Å². The number of aromatic nitrogens is 3. The number of fused-ring (bicyclic) bond motifs is 1. The number of nitrogens with zero attached hydrogens (tertiary/aromatic N) is 4. The van der Waals surface area contributed by atoms with Gasteiger partial charge in [0.15, 0.2) is 0 Å². The van der Waals surface area contributed by atoms with Crippen LogP contribution in [0, 0.1) is 5.82 Å². The summed E-state index contributed by atoms with van der Waals surface area (Å²) in [6.07, 6.45) is 6.31. The van der Waals surface area contributed by atoms with E-state index in [1.54, 1.807) is 24.3 Å². The topological polar surface area (TPSA) is 96.7 Å². The smallest absolute Gasteiger partial charge is 0.141 e. The molecule has 3 N–H and O–H groups in total. The van der Waals surface area contributed by atoms with Gasteiger partial charge in [-0.3, -0.25) is 4.90 Å². The van der Waals surface area contributed by atoms with Gasteiger partial charge in [0, 0.05) is 68.5 Å². The number of morpholine rings is 1. The van der Waals surface area contributed by atoms with E-state index >= 15 is 0 Å². The van der Waals surface area contributed by atoms with E-state index in [0.29, 0.717) is 23.0 Å². The van der Waals surface area contributed by atoms with Gasteiger partial charge >= 0.3 is 0 Å². The number of rotatable bonds is 13. The Bertz CT molecular complexity index is 1740. The van der Waals surface area contributed by atoms with Crippen LogP contribution in [0.5, 0.6) is 5.75 Å². The number of benzene rings is 3.